The number of nitrogens with zero attached hydrogens (tertiary/aromatic N) is 1. The van der Waals surface area contributed by atoms with Gasteiger partial charge in [0.2, 0.25) is 5.91 Å². The number of carbonyl (C=O) groups excluding carboxylic acids is 1. The number of hydrogen-bond donors (Lipinski definition) is 1. The van der Waals surface area contributed by atoms with Crippen molar-refractivity contribution in [2.24, 2.45) is 0 Å². The van der Waals surface area contributed by atoms with Crippen LogP contribution >= 0.6 is 12.4 Å². The van der Waals surface area contributed by atoms with Gasteiger partial charge in [-0.05, 0) is 30.2 Å². The first-order valence-corrected chi connectivity index (χ1v) is 7.64. The first-order valence-electron chi connectivity index (χ1n) is 7.64. The van der Waals surface area contributed by atoms with Crippen molar-refractivity contribution in [3.63, 3.8) is 0 Å². The molecular weight excluding hydrogens is 296 g/mol. The largest absolute Gasteiger partial charge is 0.337 e. The maximum Gasteiger partial charge on any atom is 0.227 e. The molecule has 1 aliphatic rings. The summed E-state index contributed by atoms with van der Waals surface area (Å²) in [4.78, 5) is 14.6. The van der Waals surface area contributed by atoms with Gasteiger partial charge in [0.1, 0.15) is 0 Å². The van der Waals surface area contributed by atoms with E-state index in [9.17, 15) is 4.79 Å². The van der Waals surface area contributed by atoms with Crippen LogP contribution in [-0.2, 0) is 11.2 Å². The molecule has 0 spiro atoms. The quantitative estimate of drug-likeness (QED) is 0.923. The van der Waals surface area contributed by atoms with Crippen LogP contribution in [0.1, 0.15) is 19.4 Å². The molecule has 1 N–H and O–H groups in total. The number of nitrogens with one attached hydrogen (secondary N) is 1. The molecule has 0 bridgehead atoms. The zero-order valence-electron chi connectivity index (χ0n) is 13.1. The third-order valence-electron chi connectivity index (χ3n) is 4.25. The SMILES string of the molecule is CC1CN(C(=O)Cc2ccc3ccccc3c2)C(C)CN1.Cl. The Morgan fingerprint density at radius 1 is 1.18 bits per heavy atom. The fraction of sp³-hybridized carbons (Fsp3) is 0.389. The van der Waals surface area contributed by atoms with E-state index in [1.54, 1.807) is 0 Å². The average Bonchev–Trinajstić information content (AvgIpc) is 2.49. The smallest absolute Gasteiger partial charge is 0.227 e. The molecule has 1 heterocycles. The maximum absolute atomic E-state index is 12.6. The number of benzene rings is 2. The predicted octanol–water partition coefficient (Wildman–Crippen LogP) is 3.01. The molecule has 3 rings (SSSR count). The molecule has 1 saturated heterocycles. The van der Waals surface area contributed by atoms with Crippen molar-refractivity contribution >= 4 is 29.1 Å². The Hall–Kier alpha value is -1.58. The van der Waals surface area contributed by atoms with Crippen molar-refractivity contribution in [2.45, 2.75) is 32.4 Å². The predicted molar refractivity (Wildman–Crippen MR) is 93.5 cm³/mol. The molecule has 4 heteroatoms. The number of hydrogen-bond acceptors (Lipinski definition) is 2. The van der Waals surface area contributed by atoms with Gasteiger partial charge in [-0.25, -0.2) is 0 Å². The normalized spacial score (nSPS) is 21.5. The van der Waals surface area contributed by atoms with Crippen LogP contribution in [0.25, 0.3) is 10.8 Å². The van der Waals surface area contributed by atoms with Gasteiger partial charge in [0.05, 0.1) is 6.42 Å². The molecule has 2 aromatic carbocycles. The van der Waals surface area contributed by atoms with Gasteiger partial charge < -0.3 is 10.2 Å². The van der Waals surface area contributed by atoms with E-state index in [0.29, 0.717) is 12.5 Å². The number of halogens is 1. The van der Waals surface area contributed by atoms with E-state index in [1.807, 2.05) is 17.0 Å². The van der Waals surface area contributed by atoms with E-state index < -0.39 is 0 Å². The summed E-state index contributed by atoms with van der Waals surface area (Å²) >= 11 is 0. The second-order valence-corrected chi connectivity index (χ2v) is 6.06. The van der Waals surface area contributed by atoms with Gasteiger partial charge in [0.25, 0.3) is 0 Å². The Morgan fingerprint density at radius 3 is 2.68 bits per heavy atom. The van der Waals surface area contributed by atoms with Crippen LogP contribution in [0.4, 0.5) is 0 Å². The summed E-state index contributed by atoms with van der Waals surface area (Å²) in [6, 6.07) is 15.2. The van der Waals surface area contributed by atoms with E-state index >= 15 is 0 Å². The average molecular weight is 319 g/mol. The summed E-state index contributed by atoms with van der Waals surface area (Å²) in [5.74, 6) is 0.228. The molecule has 1 fully saturated rings. The molecule has 3 nitrogen and oxygen atoms in total. The maximum atomic E-state index is 12.6. The molecule has 0 saturated carbocycles. The lowest BCUT2D eigenvalue weighted by molar-refractivity contribution is -0.133. The molecule has 2 atom stereocenters. The van der Waals surface area contributed by atoms with E-state index in [4.69, 9.17) is 0 Å². The van der Waals surface area contributed by atoms with Crippen LogP contribution in [0.3, 0.4) is 0 Å². The summed E-state index contributed by atoms with van der Waals surface area (Å²) < 4.78 is 0. The van der Waals surface area contributed by atoms with Crippen molar-refractivity contribution in [1.82, 2.24) is 10.2 Å². The summed E-state index contributed by atoms with van der Waals surface area (Å²) in [7, 11) is 0. The summed E-state index contributed by atoms with van der Waals surface area (Å²) in [5, 5.41) is 5.83. The highest BCUT2D eigenvalue weighted by atomic mass is 35.5. The van der Waals surface area contributed by atoms with Gasteiger partial charge in [0, 0.05) is 25.2 Å². The van der Waals surface area contributed by atoms with E-state index in [2.05, 4.69) is 49.5 Å². The van der Waals surface area contributed by atoms with E-state index in [0.717, 1.165) is 18.7 Å². The minimum absolute atomic E-state index is 0. The van der Waals surface area contributed by atoms with Crippen LogP contribution in [-0.4, -0.2) is 36.0 Å². The first kappa shape index (κ1) is 16.8. The lowest BCUT2D eigenvalue weighted by atomic mass is 10.0. The van der Waals surface area contributed by atoms with Crippen LogP contribution in [0.5, 0.6) is 0 Å². The molecule has 1 aliphatic heterocycles. The van der Waals surface area contributed by atoms with Crippen molar-refractivity contribution in [3.05, 3.63) is 48.0 Å². The fourth-order valence-electron chi connectivity index (χ4n) is 2.99. The molecular formula is C18H23ClN2O. The Balaban J connectivity index is 0.00000176. The molecule has 0 aliphatic carbocycles. The van der Waals surface area contributed by atoms with Gasteiger partial charge in [-0.2, -0.15) is 0 Å². The van der Waals surface area contributed by atoms with Crippen LogP contribution in [0.2, 0.25) is 0 Å². The minimum Gasteiger partial charge on any atom is -0.337 e. The number of carbonyl (C=O) groups is 1. The highest BCUT2D eigenvalue weighted by Gasteiger charge is 2.26. The summed E-state index contributed by atoms with van der Waals surface area (Å²) in [6.07, 6.45) is 0.488. The van der Waals surface area contributed by atoms with Crippen LogP contribution in [0, 0.1) is 0 Å². The Morgan fingerprint density at radius 2 is 1.91 bits per heavy atom. The second kappa shape index (κ2) is 7.12. The lowest BCUT2D eigenvalue weighted by Crippen LogP contribution is -2.56. The zero-order valence-corrected chi connectivity index (χ0v) is 13.9. The monoisotopic (exact) mass is 318 g/mol. The van der Waals surface area contributed by atoms with Crippen molar-refractivity contribution < 1.29 is 4.79 Å². The van der Waals surface area contributed by atoms with E-state index in [-0.39, 0.29) is 24.4 Å². The van der Waals surface area contributed by atoms with Gasteiger partial charge in [-0.3, -0.25) is 4.79 Å². The highest BCUT2D eigenvalue weighted by molar-refractivity contribution is 5.86. The summed E-state index contributed by atoms with van der Waals surface area (Å²) in [5.41, 5.74) is 1.09. The minimum atomic E-state index is 0. The molecule has 0 radical (unpaired) electrons. The van der Waals surface area contributed by atoms with Gasteiger partial charge in [-0.1, -0.05) is 42.5 Å². The van der Waals surface area contributed by atoms with Gasteiger partial charge >= 0.3 is 0 Å². The molecule has 118 valence electrons. The van der Waals surface area contributed by atoms with Crippen molar-refractivity contribution in [2.75, 3.05) is 13.1 Å². The standard InChI is InChI=1S/C18H22N2O.ClH/c1-13-12-20(14(2)11-19-13)18(21)10-15-7-8-16-5-3-4-6-17(16)9-15;/h3-9,13-14,19H,10-12H2,1-2H3;1H. The van der Waals surface area contributed by atoms with Crippen molar-refractivity contribution in [1.29, 1.82) is 0 Å². The van der Waals surface area contributed by atoms with Crippen LogP contribution < -0.4 is 5.32 Å². The number of piperazine rings is 1. The topological polar surface area (TPSA) is 32.3 Å². The third kappa shape index (κ3) is 3.60. The Bertz CT molecular complexity index is 658. The Labute approximate surface area is 138 Å². The number of amides is 1. The van der Waals surface area contributed by atoms with E-state index in [1.165, 1.54) is 10.8 Å². The lowest BCUT2D eigenvalue weighted by Gasteiger charge is -2.37. The number of rotatable bonds is 2. The van der Waals surface area contributed by atoms with Crippen LogP contribution in [0.15, 0.2) is 42.5 Å². The molecule has 2 aromatic rings. The van der Waals surface area contributed by atoms with Gasteiger partial charge in [-0.15, -0.1) is 12.4 Å². The van der Waals surface area contributed by atoms with Crippen molar-refractivity contribution in [3.8, 4) is 0 Å². The van der Waals surface area contributed by atoms with Gasteiger partial charge in [0.15, 0.2) is 0 Å². The zero-order chi connectivity index (χ0) is 14.8. The highest BCUT2D eigenvalue weighted by Crippen LogP contribution is 2.17. The third-order valence-corrected chi connectivity index (χ3v) is 4.25. The fourth-order valence-corrected chi connectivity index (χ4v) is 2.99. The molecule has 2 unspecified atom stereocenters. The molecule has 0 aromatic heterocycles. The Kier molecular flexibility index (Phi) is 5.43. The number of fused-ring (bicyclic) bond motifs is 1. The first-order chi connectivity index (χ1) is 10.1. The molecule has 1 amide bonds. The summed E-state index contributed by atoms with van der Waals surface area (Å²) in [6.45, 7) is 5.91. The second-order valence-electron chi connectivity index (χ2n) is 6.06. The molecule has 22 heavy (non-hydrogen) atoms.